The minimum Gasteiger partial charge on any atom is -0.480 e. The number of carboxylic acids is 1. The minimum atomic E-state index is -3.87. The van der Waals surface area contributed by atoms with Crippen LogP contribution in [-0.2, 0) is 14.8 Å². The van der Waals surface area contributed by atoms with Crippen LogP contribution in [0.4, 0.5) is 0 Å². The number of sulfonamides is 1. The third kappa shape index (κ3) is 2.57. The van der Waals surface area contributed by atoms with Gasteiger partial charge in [-0.25, -0.2) is 8.42 Å². The molecule has 0 aliphatic carbocycles. The summed E-state index contributed by atoms with van der Waals surface area (Å²) in [4.78, 5) is 11.1. The zero-order valence-corrected chi connectivity index (χ0v) is 12.7. The molecule has 1 saturated heterocycles. The maximum Gasteiger partial charge on any atom is 0.322 e. The van der Waals surface area contributed by atoms with Gasteiger partial charge in [-0.15, -0.1) is 0 Å². The van der Waals surface area contributed by atoms with Crippen LogP contribution >= 0.6 is 15.9 Å². The van der Waals surface area contributed by atoms with Crippen molar-refractivity contribution >= 4 is 31.9 Å². The van der Waals surface area contributed by atoms with Gasteiger partial charge >= 0.3 is 5.97 Å². The van der Waals surface area contributed by atoms with Crippen molar-refractivity contribution in [3.8, 4) is 6.07 Å². The number of halogens is 1. The first kappa shape index (κ1) is 15.0. The van der Waals surface area contributed by atoms with Gasteiger partial charge < -0.3 is 5.11 Å². The highest BCUT2D eigenvalue weighted by atomic mass is 79.9. The van der Waals surface area contributed by atoms with E-state index in [4.69, 9.17) is 10.4 Å². The number of benzene rings is 1. The fourth-order valence-electron chi connectivity index (χ4n) is 2.16. The van der Waals surface area contributed by atoms with Crippen molar-refractivity contribution in [1.29, 1.82) is 5.26 Å². The van der Waals surface area contributed by atoms with Crippen molar-refractivity contribution < 1.29 is 18.3 Å². The zero-order valence-electron chi connectivity index (χ0n) is 10.3. The molecule has 0 bridgehead atoms. The summed E-state index contributed by atoms with van der Waals surface area (Å²) in [6, 6.07) is 4.93. The molecule has 106 valence electrons. The fraction of sp³-hybridized carbons (Fsp3) is 0.333. The molecule has 1 fully saturated rings. The minimum absolute atomic E-state index is 0.0171. The zero-order chi connectivity index (χ0) is 14.9. The van der Waals surface area contributed by atoms with Gasteiger partial charge in [0.05, 0.1) is 10.5 Å². The molecule has 0 saturated carbocycles. The largest absolute Gasteiger partial charge is 0.480 e. The number of hydrogen-bond acceptors (Lipinski definition) is 4. The highest BCUT2D eigenvalue weighted by Crippen LogP contribution is 2.28. The quantitative estimate of drug-likeness (QED) is 0.883. The molecule has 6 nitrogen and oxygen atoms in total. The fourth-order valence-corrected chi connectivity index (χ4v) is 4.45. The van der Waals surface area contributed by atoms with Gasteiger partial charge in [-0.1, -0.05) is 0 Å². The van der Waals surface area contributed by atoms with Gasteiger partial charge in [-0.3, -0.25) is 4.79 Å². The van der Waals surface area contributed by atoms with Crippen LogP contribution in [-0.4, -0.2) is 36.4 Å². The standard InChI is InChI=1S/C12H11BrN2O4S/c13-10-6-9(4-3-8(10)7-14)20(18,19)15-5-1-2-11(15)12(16)17/h3-4,6,11H,1-2,5H2,(H,16,17). The lowest BCUT2D eigenvalue weighted by molar-refractivity contribution is -0.140. The smallest absolute Gasteiger partial charge is 0.322 e. The van der Waals surface area contributed by atoms with Crippen LogP contribution in [0.1, 0.15) is 18.4 Å². The van der Waals surface area contributed by atoms with Crippen LogP contribution in [0.25, 0.3) is 0 Å². The van der Waals surface area contributed by atoms with Gasteiger partial charge in [0.2, 0.25) is 10.0 Å². The second-order valence-corrected chi connectivity index (χ2v) is 7.11. The average molecular weight is 359 g/mol. The summed E-state index contributed by atoms with van der Waals surface area (Å²) in [7, 11) is -3.87. The summed E-state index contributed by atoms with van der Waals surface area (Å²) in [6.07, 6.45) is 0.833. The Hall–Kier alpha value is -1.43. The van der Waals surface area contributed by atoms with Gasteiger partial charge in [0.15, 0.2) is 0 Å². The van der Waals surface area contributed by atoms with Gasteiger partial charge in [0, 0.05) is 11.0 Å². The molecule has 8 heteroatoms. The van der Waals surface area contributed by atoms with E-state index in [2.05, 4.69) is 15.9 Å². The summed E-state index contributed by atoms with van der Waals surface area (Å²) < 4.78 is 26.3. The maximum atomic E-state index is 12.5. The second kappa shape index (κ2) is 5.52. The molecular weight excluding hydrogens is 348 g/mol. The van der Waals surface area contributed by atoms with Crippen LogP contribution in [0.5, 0.6) is 0 Å². The van der Waals surface area contributed by atoms with E-state index in [1.807, 2.05) is 6.07 Å². The first-order valence-corrected chi connectivity index (χ1v) is 8.05. The Morgan fingerprint density at radius 2 is 2.20 bits per heavy atom. The number of nitriles is 1. The molecule has 1 aliphatic rings. The number of carboxylic acid groups (broad SMARTS) is 1. The molecule has 0 spiro atoms. The van der Waals surface area contributed by atoms with Crippen LogP contribution in [0.15, 0.2) is 27.6 Å². The number of aliphatic carboxylic acids is 1. The van der Waals surface area contributed by atoms with Gasteiger partial charge in [-0.2, -0.15) is 9.57 Å². The molecule has 0 aromatic heterocycles. The van der Waals surface area contributed by atoms with E-state index in [-0.39, 0.29) is 11.4 Å². The van der Waals surface area contributed by atoms with E-state index < -0.39 is 22.0 Å². The summed E-state index contributed by atoms with van der Waals surface area (Å²) in [5.41, 5.74) is 0.320. The lowest BCUT2D eigenvalue weighted by atomic mass is 10.2. The highest BCUT2D eigenvalue weighted by molar-refractivity contribution is 9.10. The van der Waals surface area contributed by atoms with Crippen molar-refractivity contribution in [2.24, 2.45) is 0 Å². The summed E-state index contributed by atoms with van der Waals surface area (Å²) >= 11 is 3.13. The number of nitrogens with zero attached hydrogens (tertiary/aromatic N) is 2. The van der Waals surface area contributed by atoms with Crippen molar-refractivity contribution in [3.63, 3.8) is 0 Å². The van der Waals surface area contributed by atoms with E-state index in [1.165, 1.54) is 18.2 Å². The highest BCUT2D eigenvalue weighted by Gasteiger charge is 2.39. The Morgan fingerprint density at radius 3 is 2.75 bits per heavy atom. The number of carbonyl (C=O) groups is 1. The monoisotopic (exact) mass is 358 g/mol. The predicted octanol–water partition coefficient (Wildman–Crippen LogP) is 1.56. The molecule has 1 aliphatic heterocycles. The second-order valence-electron chi connectivity index (χ2n) is 4.37. The maximum absolute atomic E-state index is 12.5. The molecule has 0 amide bonds. The van der Waals surface area contributed by atoms with E-state index in [1.54, 1.807) is 0 Å². The Balaban J connectivity index is 2.43. The van der Waals surface area contributed by atoms with Crippen molar-refractivity contribution in [3.05, 3.63) is 28.2 Å². The average Bonchev–Trinajstić information content (AvgIpc) is 2.88. The molecule has 1 aromatic carbocycles. The van der Waals surface area contributed by atoms with E-state index in [0.29, 0.717) is 22.9 Å². The Bertz CT molecular complexity index is 696. The molecule has 1 N–H and O–H groups in total. The van der Waals surface area contributed by atoms with Crippen LogP contribution in [0, 0.1) is 11.3 Å². The molecular formula is C12H11BrN2O4S. The lowest BCUT2D eigenvalue weighted by Gasteiger charge is -2.21. The Labute approximate surface area is 124 Å². The number of rotatable bonds is 3. The van der Waals surface area contributed by atoms with Gasteiger partial charge in [-0.05, 0) is 47.0 Å². The van der Waals surface area contributed by atoms with Crippen molar-refractivity contribution in [1.82, 2.24) is 4.31 Å². The molecule has 1 aromatic rings. The van der Waals surface area contributed by atoms with Crippen molar-refractivity contribution in [2.45, 2.75) is 23.8 Å². The van der Waals surface area contributed by atoms with Gasteiger partial charge in [0.1, 0.15) is 12.1 Å². The SMILES string of the molecule is N#Cc1ccc(S(=O)(=O)N2CCCC2C(=O)O)cc1Br. The third-order valence-corrected chi connectivity index (χ3v) is 5.72. The van der Waals surface area contributed by atoms with Crippen LogP contribution in [0.3, 0.4) is 0 Å². The first-order valence-electron chi connectivity index (χ1n) is 5.82. The van der Waals surface area contributed by atoms with E-state index in [9.17, 15) is 13.2 Å². The molecule has 1 unspecified atom stereocenters. The molecule has 1 atom stereocenters. The lowest BCUT2D eigenvalue weighted by Crippen LogP contribution is -2.40. The Kier molecular flexibility index (Phi) is 4.13. The first-order chi connectivity index (χ1) is 9.37. The predicted molar refractivity (Wildman–Crippen MR) is 73.4 cm³/mol. The molecule has 20 heavy (non-hydrogen) atoms. The Morgan fingerprint density at radius 1 is 1.50 bits per heavy atom. The summed E-state index contributed by atoms with van der Waals surface area (Å²) in [5, 5.41) is 17.9. The van der Waals surface area contributed by atoms with Crippen molar-refractivity contribution in [2.75, 3.05) is 6.54 Å². The molecule has 2 rings (SSSR count). The van der Waals surface area contributed by atoms with Crippen LogP contribution in [0.2, 0.25) is 0 Å². The summed E-state index contributed by atoms with van der Waals surface area (Å²) in [5.74, 6) is -1.14. The molecule has 1 heterocycles. The topological polar surface area (TPSA) is 98.5 Å². The summed E-state index contributed by atoms with van der Waals surface area (Å²) in [6.45, 7) is 0.191. The van der Waals surface area contributed by atoms with Crippen LogP contribution < -0.4 is 0 Å². The van der Waals surface area contributed by atoms with Gasteiger partial charge in [0.25, 0.3) is 0 Å². The van der Waals surface area contributed by atoms with E-state index >= 15 is 0 Å². The third-order valence-electron chi connectivity index (χ3n) is 3.16. The van der Waals surface area contributed by atoms with E-state index in [0.717, 1.165) is 4.31 Å². The number of hydrogen-bond donors (Lipinski definition) is 1. The molecule has 0 radical (unpaired) electrons. The normalized spacial score (nSPS) is 19.7.